The number of benzene rings is 1. The van der Waals surface area contributed by atoms with E-state index in [1.807, 2.05) is 20.8 Å². The van der Waals surface area contributed by atoms with Gasteiger partial charge in [-0.1, -0.05) is 18.2 Å². The normalized spacial score (nSPS) is 21.6. The Morgan fingerprint density at radius 2 is 1.95 bits per heavy atom. The standard InChI is InChI=1S/C19H25NO2/c1-19(2,3)22-18(21)9-8-14-12-16(13-14)20-11-10-15-6-4-5-7-17(15)20/h4-7,10-11,14,16H,8-9,12-13H2,1-3H3. The van der Waals surface area contributed by atoms with Gasteiger partial charge in [-0.15, -0.1) is 0 Å². The van der Waals surface area contributed by atoms with Gasteiger partial charge in [-0.05, 0) is 63.5 Å². The van der Waals surface area contributed by atoms with Crippen LogP contribution in [0.3, 0.4) is 0 Å². The first-order valence-electron chi connectivity index (χ1n) is 8.20. The van der Waals surface area contributed by atoms with E-state index in [9.17, 15) is 4.79 Å². The zero-order valence-corrected chi connectivity index (χ0v) is 13.7. The first kappa shape index (κ1) is 15.1. The highest BCUT2D eigenvalue weighted by atomic mass is 16.6. The van der Waals surface area contributed by atoms with Crippen LogP contribution in [0.15, 0.2) is 36.5 Å². The van der Waals surface area contributed by atoms with E-state index in [2.05, 4.69) is 41.1 Å². The Morgan fingerprint density at radius 1 is 1.23 bits per heavy atom. The lowest BCUT2D eigenvalue weighted by molar-refractivity contribution is -0.155. The maximum Gasteiger partial charge on any atom is 0.306 e. The molecule has 0 saturated heterocycles. The molecule has 0 bridgehead atoms. The maximum absolute atomic E-state index is 11.8. The van der Waals surface area contributed by atoms with Crippen LogP contribution in [-0.4, -0.2) is 16.1 Å². The van der Waals surface area contributed by atoms with Gasteiger partial charge in [-0.2, -0.15) is 0 Å². The summed E-state index contributed by atoms with van der Waals surface area (Å²) in [5.74, 6) is 0.584. The zero-order chi connectivity index (χ0) is 15.7. The van der Waals surface area contributed by atoms with Gasteiger partial charge in [0.05, 0.1) is 0 Å². The van der Waals surface area contributed by atoms with E-state index in [4.69, 9.17) is 4.74 Å². The summed E-state index contributed by atoms with van der Waals surface area (Å²) in [6.45, 7) is 5.75. The van der Waals surface area contributed by atoms with Crippen LogP contribution in [0, 0.1) is 5.92 Å². The summed E-state index contributed by atoms with van der Waals surface area (Å²) in [4.78, 5) is 11.8. The van der Waals surface area contributed by atoms with E-state index < -0.39 is 0 Å². The van der Waals surface area contributed by atoms with Crippen LogP contribution in [0.2, 0.25) is 0 Å². The average Bonchev–Trinajstić information content (AvgIpc) is 2.79. The number of aromatic nitrogens is 1. The quantitative estimate of drug-likeness (QED) is 0.765. The van der Waals surface area contributed by atoms with Crippen molar-refractivity contribution < 1.29 is 9.53 Å². The van der Waals surface area contributed by atoms with E-state index in [0.717, 1.165) is 6.42 Å². The molecule has 0 unspecified atom stereocenters. The lowest BCUT2D eigenvalue weighted by Gasteiger charge is -2.37. The Bertz CT molecular complexity index is 659. The third kappa shape index (κ3) is 3.34. The highest BCUT2D eigenvalue weighted by Crippen LogP contribution is 2.42. The van der Waals surface area contributed by atoms with Gasteiger partial charge in [0.1, 0.15) is 5.60 Å². The fourth-order valence-corrected chi connectivity index (χ4v) is 3.30. The highest BCUT2D eigenvalue weighted by molar-refractivity contribution is 5.80. The van der Waals surface area contributed by atoms with E-state index in [1.165, 1.54) is 23.7 Å². The number of rotatable bonds is 4. The minimum atomic E-state index is -0.372. The number of hydrogen-bond donors (Lipinski definition) is 0. The topological polar surface area (TPSA) is 31.2 Å². The van der Waals surface area contributed by atoms with Crippen molar-refractivity contribution in [3.05, 3.63) is 36.5 Å². The summed E-state index contributed by atoms with van der Waals surface area (Å²) in [5.41, 5.74) is 0.946. The fourth-order valence-electron chi connectivity index (χ4n) is 3.30. The summed E-state index contributed by atoms with van der Waals surface area (Å²) < 4.78 is 7.76. The Labute approximate surface area is 132 Å². The smallest absolute Gasteiger partial charge is 0.306 e. The number of fused-ring (bicyclic) bond motifs is 1. The van der Waals surface area contributed by atoms with Gasteiger partial charge < -0.3 is 9.30 Å². The summed E-state index contributed by atoms with van der Waals surface area (Å²) in [6.07, 6.45) is 6.02. The van der Waals surface area contributed by atoms with Crippen LogP contribution in [0.25, 0.3) is 10.9 Å². The van der Waals surface area contributed by atoms with Crippen molar-refractivity contribution in [3.8, 4) is 0 Å². The summed E-state index contributed by atoms with van der Waals surface area (Å²) in [5, 5.41) is 1.31. The molecule has 118 valence electrons. The van der Waals surface area contributed by atoms with Gasteiger partial charge in [0.25, 0.3) is 0 Å². The Morgan fingerprint density at radius 3 is 2.68 bits per heavy atom. The number of para-hydroxylation sites is 1. The predicted molar refractivity (Wildman–Crippen MR) is 88.8 cm³/mol. The van der Waals surface area contributed by atoms with Crippen molar-refractivity contribution in [2.24, 2.45) is 5.92 Å². The average molecular weight is 299 g/mol. The predicted octanol–water partition coefficient (Wildman–Crippen LogP) is 4.71. The molecule has 1 fully saturated rings. The van der Waals surface area contributed by atoms with E-state index in [1.54, 1.807) is 0 Å². The molecule has 1 saturated carbocycles. The first-order chi connectivity index (χ1) is 10.4. The molecule has 3 heteroatoms. The second-order valence-corrected chi connectivity index (χ2v) is 7.40. The molecular weight excluding hydrogens is 274 g/mol. The van der Waals surface area contributed by atoms with Gasteiger partial charge in [-0.25, -0.2) is 0 Å². The van der Waals surface area contributed by atoms with Gasteiger partial charge in [0, 0.05) is 24.2 Å². The molecule has 0 spiro atoms. The molecule has 1 aromatic heterocycles. The molecule has 1 aliphatic rings. The molecule has 22 heavy (non-hydrogen) atoms. The lowest BCUT2D eigenvalue weighted by Crippen LogP contribution is -2.28. The monoisotopic (exact) mass is 299 g/mol. The first-order valence-corrected chi connectivity index (χ1v) is 8.20. The minimum absolute atomic E-state index is 0.0673. The molecule has 0 radical (unpaired) electrons. The molecule has 0 aliphatic heterocycles. The van der Waals surface area contributed by atoms with Crippen LogP contribution in [0.1, 0.15) is 52.5 Å². The number of ether oxygens (including phenoxy) is 1. The van der Waals surface area contributed by atoms with Crippen LogP contribution in [0.4, 0.5) is 0 Å². The van der Waals surface area contributed by atoms with Gasteiger partial charge in [0.15, 0.2) is 0 Å². The molecule has 3 rings (SSSR count). The van der Waals surface area contributed by atoms with Gasteiger partial charge in [0.2, 0.25) is 0 Å². The molecular formula is C19H25NO2. The van der Waals surface area contributed by atoms with Crippen LogP contribution in [0.5, 0.6) is 0 Å². The molecule has 1 aliphatic carbocycles. The Balaban J connectivity index is 1.49. The van der Waals surface area contributed by atoms with Gasteiger partial charge >= 0.3 is 5.97 Å². The fraction of sp³-hybridized carbons (Fsp3) is 0.526. The second-order valence-electron chi connectivity index (χ2n) is 7.40. The van der Waals surface area contributed by atoms with Crippen LogP contribution < -0.4 is 0 Å². The molecule has 3 nitrogen and oxygen atoms in total. The maximum atomic E-state index is 11.8. The third-order valence-corrected chi connectivity index (χ3v) is 4.41. The lowest BCUT2D eigenvalue weighted by atomic mass is 9.77. The third-order valence-electron chi connectivity index (χ3n) is 4.41. The second kappa shape index (κ2) is 5.79. The van der Waals surface area contributed by atoms with Crippen molar-refractivity contribution in [1.29, 1.82) is 0 Å². The molecule has 2 aromatic rings. The number of carbonyl (C=O) groups excluding carboxylic acids is 1. The Kier molecular flexibility index (Phi) is 3.98. The molecule has 1 aromatic carbocycles. The van der Waals surface area contributed by atoms with Gasteiger partial charge in [-0.3, -0.25) is 4.79 Å². The summed E-state index contributed by atoms with van der Waals surface area (Å²) >= 11 is 0. The number of nitrogens with zero attached hydrogens (tertiary/aromatic N) is 1. The SMILES string of the molecule is CC(C)(C)OC(=O)CCC1CC(n2ccc3ccccc32)C1. The minimum Gasteiger partial charge on any atom is -0.460 e. The Hall–Kier alpha value is -1.77. The molecule has 1 heterocycles. The summed E-state index contributed by atoms with van der Waals surface area (Å²) in [7, 11) is 0. The molecule has 0 atom stereocenters. The van der Waals surface area contributed by atoms with E-state index >= 15 is 0 Å². The van der Waals surface area contributed by atoms with Crippen molar-refractivity contribution in [2.75, 3.05) is 0 Å². The van der Waals surface area contributed by atoms with E-state index in [0.29, 0.717) is 18.4 Å². The van der Waals surface area contributed by atoms with Crippen molar-refractivity contribution >= 4 is 16.9 Å². The van der Waals surface area contributed by atoms with E-state index in [-0.39, 0.29) is 11.6 Å². The van der Waals surface area contributed by atoms with Crippen molar-refractivity contribution in [1.82, 2.24) is 4.57 Å². The molecule has 0 amide bonds. The van der Waals surface area contributed by atoms with Crippen molar-refractivity contribution in [3.63, 3.8) is 0 Å². The largest absolute Gasteiger partial charge is 0.460 e. The highest BCUT2D eigenvalue weighted by Gasteiger charge is 2.31. The van der Waals surface area contributed by atoms with Crippen molar-refractivity contribution in [2.45, 2.75) is 58.1 Å². The zero-order valence-electron chi connectivity index (χ0n) is 13.7. The number of carbonyl (C=O) groups is 1. The molecule has 0 N–H and O–H groups in total. The number of esters is 1. The van der Waals surface area contributed by atoms with Crippen LogP contribution in [-0.2, 0) is 9.53 Å². The summed E-state index contributed by atoms with van der Waals surface area (Å²) in [6, 6.07) is 11.3. The van der Waals surface area contributed by atoms with Crippen LogP contribution >= 0.6 is 0 Å². The number of hydrogen-bond acceptors (Lipinski definition) is 2.